The van der Waals surface area contributed by atoms with E-state index in [-0.39, 0.29) is 11.9 Å². The van der Waals surface area contributed by atoms with Crippen LogP contribution in [0.5, 0.6) is 0 Å². The van der Waals surface area contributed by atoms with Gasteiger partial charge in [-0.3, -0.25) is 4.79 Å². The molecule has 2 atom stereocenters. The average Bonchev–Trinajstić information content (AvgIpc) is 2.93. The SMILES string of the molecule is Cc1cc(C(=O)OC(C)C(=O)NC2CCCc3ccccc32)c(C)o1. The number of fused-ring (bicyclic) bond motifs is 1. The van der Waals surface area contributed by atoms with E-state index in [1.54, 1.807) is 26.8 Å². The molecule has 1 N–H and O–H groups in total. The molecule has 2 aromatic rings. The molecule has 2 unspecified atom stereocenters. The maximum Gasteiger partial charge on any atom is 0.342 e. The first kappa shape index (κ1) is 17.3. The van der Waals surface area contributed by atoms with Crippen LogP contribution in [0.25, 0.3) is 0 Å². The number of aryl methyl sites for hydroxylation is 3. The molecule has 0 fully saturated rings. The van der Waals surface area contributed by atoms with Crippen molar-refractivity contribution in [2.45, 2.75) is 52.2 Å². The van der Waals surface area contributed by atoms with E-state index in [0.29, 0.717) is 17.1 Å². The van der Waals surface area contributed by atoms with Crippen molar-refractivity contribution in [1.29, 1.82) is 0 Å². The standard InChI is InChI=1S/C20H23NO4/c1-12-11-17(13(2)24-12)20(23)25-14(3)19(22)21-18-10-6-8-15-7-4-5-9-16(15)18/h4-5,7,9,11,14,18H,6,8,10H2,1-3H3,(H,21,22). The lowest BCUT2D eigenvalue weighted by Crippen LogP contribution is -2.39. The van der Waals surface area contributed by atoms with Gasteiger partial charge in [0.2, 0.25) is 0 Å². The van der Waals surface area contributed by atoms with E-state index in [2.05, 4.69) is 11.4 Å². The maximum absolute atomic E-state index is 12.5. The molecule has 0 bridgehead atoms. The Morgan fingerprint density at radius 1 is 1.28 bits per heavy atom. The normalized spacial score (nSPS) is 17.5. The molecule has 132 valence electrons. The zero-order valence-corrected chi connectivity index (χ0v) is 14.8. The van der Waals surface area contributed by atoms with E-state index in [1.165, 1.54) is 5.56 Å². The van der Waals surface area contributed by atoms with Gasteiger partial charge in [0.05, 0.1) is 6.04 Å². The molecule has 0 saturated heterocycles. The van der Waals surface area contributed by atoms with Crippen LogP contribution >= 0.6 is 0 Å². The van der Waals surface area contributed by atoms with Gasteiger partial charge < -0.3 is 14.5 Å². The van der Waals surface area contributed by atoms with Gasteiger partial charge in [-0.15, -0.1) is 0 Å². The van der Waals surface area contributed by atoms with Gasteiger partial charge >= 0.3 is 5.97 Å². The van der Waals surface area contributed by atoms with Crippen LogP contribution in [0.15, 0.2) is 34.7 Å². The highest BCUT2D eigenvalue weighted by Crippen LogP contribution is 2.29. The number of amides is 1. The summed E-state index contributed by atoms with van der Waals surface area (Å²) in [5.41, 5.74) is 2.79. The summed E-state index contributed by atoms with van der Waals surface area (Å²) in [6, 6.07) is 9.74. The molecule has 0 spiro atoms. The number of furan rings is 1. The smallest absolute Gasteiger partial charge is 0.342 e. The van der Waals surface area contributed by atoms with Crippen molar-refractivity contribution in [2.24, 2.45) is 0 Å². The quantitative estimate of drug-likeness (QED) is 0.862. The van der Waals surface area contributed by atoms with Crippen LogP contribution in [-0.2, 0) is 16.0 Å². The largest absolute Gasteiger partial charge is 0.466 e. The second-order valence-corrected chi connectivity index (χ2v) is 6.53. The predicted octanol–water partition coefficient (Wildman–Crippen LogP) is 3.64. The first-order valence-corrected chi connectivity index (χ1v) is 8.62. The monoisotopic (exact) mass is 341 g/mol. The highest BCUT2D eigenvalue weighted by molar-refractivity contribution is 5.93. The second-order valence-electron chi connectivity index (χ2n) is 6.53. The highest BCUT2D eigenvalue weighted by Gasteiger charge is 2.26. The first-order valence-electron chi connectivity index (χ1n) is 8.62. The third kappa shape index (κ3) is 3.76. The molecular weight excluding hydrogens is 318 g/mol. The summed E-state index contributed by atoms with van der Waals surface area (Å²) >= 11 is 0. The molecule has 1 amide bonds. The van der Waals surface area contributed by atoms with E-state index in [1.807, 2.05) is 18.2 Å². The Morgan fingerprint density at radius 3 is 2.76 bits per heavy atom. The summed E-state index contributed by atoms with van der Waals surface area (Å²) in [4.78, 5) is 24.7. The van der Waals surface area contributed by atoms with Crippen LogP contribution < -0.4 is 5.32 Å². The van der Waals surface area contributed by atoms with Crippen LogP contribution in [0.2, 0.25) is 0 Å². The van der Waals surface area contributed by atoms with Crippen LogP contribution in [0.3, 0.4) is 0 Å². The molecule has 1 aromatic carbocycles. The Bertz CT molecular complexity index is 793. The Hall–Kier alpha value is -2.56. The van der Waals surface area contributed by atoms with Crippen LogP contribution in [0, 0.1) is 13.8 Å². The summed E-state index contributed by atoms with van der Waals surface area (Å²) in [5.74, 6) is 0.311. The fraction of sp³-hybridized carbons (Fsp3) is 0.400. The van der Waals surface area contributed by atoms with Gasteiger partial charge in [-0.2, -0.15) is 0 Å². The van der Waals surface area contributed by atoms with Crippen molar-refractivity contribution in [3.8, 4) is 0 Å². The van der Waals surface area contributed by atoms with Crippen molar-refractivity contribution in [2.75, 3.05) is 0 Å². The minimum Gasteiger partial charge on any atom is -0.466 e. The topological polar surface area (TPSA) is 68.5 Å². The van der Waals surface area contributed by atoms with Crippen LogP contribution in [-0.4, -0.2) is 18.0 Å². The number of nitrogens with one attached hydrogen (secondary N) is 1. The van der Waals surface area contributed by atoms with Crippen molar-refractivity contribution >= 4 is 11.9 Å². The Labute approximate surface area is 147 Å². The second kappa shape index (κ2) is 7.13. The summed E-state index contributed by atoms with van der Waals surface area (Å²) in [6.45, 7) is 5.05. The lowest BCUT2D eigenvalue weighted by molar-refractivity contribution is -0.130. The van der Waals surface area contributed by atoms with Gasteiger partial charge in [-0.1, -0.05) is 24.3 Å². The molecule has 1 aliphatic carbocycles. The molecule has 0 radical (unpaired) electrons. The summed E-state index contributed by atoms with van der Waals surface area (Å²) in [5, 5.41) is 3.01. The molecule has 3 rings (SSSR count). The van der Waals surface area contributed by atoms with E-state index < -0.39 is 12.1 Å². The van der Waals surface area contributed by atoms with Gasteiger partial charge in [0.25, 0.3) is 5.91 Å². The molecule has 0 saturated carbocycles. The van der Waals surface area contributed by atoms with E-state index in [4.69, 9.17) is 9.15 Å². The molecule has 1 aromatic heterocycles. The Balaban J connectivity index is 1.64. The minimum absolute atomic E-state index is 0.0310. The zero-order valence-electron chi connectivity index (χ0n) is 14.8. The fourth-order valence-electron chi connectivity index (χ4n) is 3.30. The fourth-order valence-corrected chi connectivity index (χ4v) is 3.30. The summed E-state index contributed by atoms with van der Waals surface area (Å²) < 4.78 is 10.6. The number of carbonyl (C=O) groups is 2. The number of hydrogen-bond donors (Lipinski definition) is 1. The van der Waals surface area contributed by atoms with E-state index >= 15 is 0 Å². The average molecular weight is 341 g/mol. The van der Waals surface area contributed by atoms with E-state index in [0.717, 1.165) is 24.8 Å². The molecule has 1 aliphatic rings. The Kier molecular flexibility index (Phi) is 4.93. The molecule has 25 heavy (non-hydrogen) atoms. The van der Waals surface area contributed by atoms with Gasteiger partial charge in [-0.05, 0) is 57.2 Å². The lowest BCUT2D eigenvalue weighted by Gasteiger charge is -2.27. The molecule has 5 heteroatoms. The zero-order chi connectivity index (χ0) is 18.0. The number of hydrogen-bond acceptors (Lipinski definition) is 4. The van der Waals surface area contributed by atoms with Crippen molar-refractivity contribution in [3.05, 3.63) is 58.5 Å². The third-order valence-corrected chi connectivity index (χ3v) is 4.60. The number of benzene rings is 1. The maximum atomic E-state index is 12.5. The Morgan fingerprint density at radius 2 is 2.04 bits per heavy atom. The van der Waals surface area contributed by atoms with Crippen LogP contribution in [0.4, 0.5) is 0 Å². The highest BCUT2D eigenvalue weighted by atomic mass is 16.5. The molecular formula is C20H23NO4. The number of ether oxygens (including phenoxy) is 1. The van der Waals surface area contributed by atoms with Crippen molar-refractivity contribution in [1.82, 2.24) is 5.32 Å². The minimum atomic E-state index is -0.865. The molecule has 0 aliphatic heterocycles. The lowest BCUT2D eigenvalue weighted by atomic mass is 9.87. The molecule has 1 heterocycles. The number of esters is 1. The van der Waals surface area contributed by atoms with E-state index in [9.17, 15) is 9.59 Å². The third-order valence-electron chi connectivity index (χ3n) is 4.60. The van der Waals surface area contributed by atoms with Gasteiger partial charge in [0, 0.05) is 0 Å². The van der Waals surface area contributed by atoms with Gasteiger partial charge in [0.1, 0.15) is 17.1 Å². The van der Waals surface area contributed by atoms with Crippen molar-refractivity contribution < 1.29 is 18.7 Å². The summed E-state index contributed by atoms with van der Waals surface area (Å²) in [7, 11) is 0. The van der Waals surface area contributed by atoms with Gasteiger partial charge in [0.15, 0.2) is 6.10 Å². The van der Waals surface area contributed by atoms with Crippen molar-refractivity contribution in [3.63, 3.8) is 0 Å². The van der Waals surface area contributed by atoms with Gasteiger partial charge in [-0.25, -0.2) is 4.79 Å². The number of rotatable bonds is 4. The number of carbonyl (C=O) groups excluding carboxylic acids is 2. The predicted molar refractivity (Wildman–Crippen MR) is 93.3 cm³/mol. The summed E-state index contributed by atoms with van der Waals surface area (Å²) in [6.07, 6.45) is 2.09. The first-order chi connectivity index (χ1) is 12.0. The molecule has 5 nitrogen and oxygen atoms in total. The van der Waals surface area contributed by atoms with Crippen LogP contribution in [0.1, 0.15) is 58.8 Å².